The lowest BCUT2D eigenvalue weighted by Crippen LogP contribution is -2.03. The summed E-state index contributed by atoms with van der Waals surface area (Å²) in [4.78, 5) is 0. The maximum Gasteiger partial charge on any atom is 0.200 e. The quantitative estimate of drug-likeness (QED) is 0.402. The van der Waals surface area contributed by atoms with Crippen LogP contribution in [0.4, 0.5) is 22.0 Å². The fraction of sp³-hybridized carbons (Fsp3) is 0. The molecule has 0 aliphatic carbocycles. The third-order valence-electron chi connectivity index (χ3n) is 2.10. The highest BCUT2D eigenvalue weighted by atomic mass is 35.5. The van der Waals surface area contributed by atoms with Crippen LogP contribution >= 0.6 is 22.9 Å². The fourth-order valence-corrected chi connectivity index (χ4v) is 2.25. The molecule has 2 aromatic rings. The van der Waals surface area contributed by atoms with Gasteiger partial charge in [0.05, 0.1) is 5.56 Å². The first-order chi connectivity index (χ1) is 7.95. The Labute approximate surface area is 101 Å². The van der Waals surface area contributed by atoms with E-state index in [1.807, 2.05) is 0 Å². The van der Waals surface area contributed by atoms with Crippen LogP contribution in [0.25, 0.3) is 11.1 Å². The van der Waals surface area contributed by atoms with Crippen molar-refractivity contribution < 1.29 is 22.0 Å². The summed E-state index contributed by atoms with van der Waals surface area (Å²) in [6.07, 6.45) is 0. The Bertz CT molecular complexity index is 564. The van der Waals surface area contributed by atoms with Crippen molar-refractivity contribution >= 4 is 22.9 Å². The van der Waals surface area contributed by atoms with E-state index in [2.05, 4.69) is 0 Å². The molecule has 0 bridgehead atoms. The molecule has 7 heteroatoms. The predicted molar refractivity (Wildman–Crippen MR) is 54.6 cm³/mol. The molecular weight excluding hydrogens is 283 g/mol. The molecule has 1 aromatic carbocycles. The summed E-state index contributed by atoms with van der Waals surface area (Å²) in [6, 6.07) is 1.19. The van der Waals surface area contributed by atoms with Crippen LogP contribution in [0.15, 0.2) is 11.4 Å². The third kappa shape index (κ3) is 1.81. The Balaban J connectivity index is 2.84. The van der Waals surface area contributed by atoms with E-state index in [1.165, 1.54) is 11.4 Å². The van der Waals surface area contributed by atoms with Crippen molar-refractivity contribution in [1.29, 1.82) is 0 Å². The summed E-state index contributed by atoms with van der Waals surface area (Å²) in [5, 5.41) is 1.38. The summed E-state index contributed by atoms with van der Waals surface area (Å²) in [5.74, 6) is -9.93. The smallest absolute Gasteiger partial charge is 0.200 e. The first-order valence-electron chi connectivity index (χ1n) is 4.20. The van der Waals surface area contributed by atoms with Gasteiger partial charge in [0, 0.05) is 5.56 Å². The topological polar surface area (TPSA) is 0 Å². The van der Waals surface area contributed by atoms with Gasteiger partial charge in [-0.2, -0.15) is 0 Å². The Morgan fingerprint density at radius 3 is 1.71 bits per heavy atom. The largest absolute Gasteiger partial charge is 0.203 e. The first-order valence-corrected chi connectivity index (χ1v) is 5.45. The molecule has 0 N–H and O–H groups in total. The molecular formula is C10H2ClF5S. The summed E-state index contributed by atoms with van der Waals surface area (Å²) < 4.78 is 65.3. The van der Waals surface area contributed by atoms with Gasteiger partial charge in [0.1, 0.15) is 4.34 Å². The van der Waals surface area contributed by atoms with Crippen molar-refractivity contribution in [1.82, 2.24) is 0 Å². The molecule has 0 saturated carbocycles. The van der Waals surface area contributed by atoms with Gasteiger partial charge in [-0.05, 0) is 11.4 Å². The van der Waals surface area contributed by atoms with E-state index in [9.17, 15) is 22.0 Å². The van der Waals surface area contributed by atoms with Crippen LogP contribution in [0.2, 0.25) is 4.34 Å². The minimum absolute atomic E-state index is 0.0480. The summed E-state index contributed by atoms with van der Waals surface area (Å²) in [7, 11) is 0. The van der Waals surface area contributed by atoms with Gasteiger partial charge in [0.2, 0.25) is 5.82 Å². The van der Waals surface area contributed by atoms with Crippen LogP contribution in [0.3, 0.4) is 0 Å². The minimum atomic E-state index is -2.19. The second kappa shape index (κ2) is 4.27. The lowest BCUT2D eigenvalue weighted by molar-refractivity contribution is 0.381. The van der Waals surface area contributed by atoms with Gasteiger partial charge >= 0.3 is 0 Å². The van der Waals surface area contributed by atoms with Gasteiger partial charge in [-0.1, -0.05) is 11.6 Å². The molecule has 0 aliphatic rings. The Morgan fingerprint density at radius 1 is 0.824 bits per heavy atom. The molecule has 0 aliphatic heterocycles. The monoisotopic (exact) mass is 284 g/mol. The molecule has 0 nitrogen and oxygen atoms in total. The Kier molecular flexibility index (Phi) is 3.09. The molecule has 0 radical (unpaired) electrons. The molecule has 0 amide bonds. The molecule has 1 heterocycles. The van der Waals surface area contributed by atoms with E-state index in [4.69, 9.17) is 11.6 Å². The molecule has 0 atom stereocenters. The van der Waals surface area contributed by atoms with Gasteiger partial charge in [-0.3, -0.25) is 0 Å². The zero-order valence-electron chi connectivity index (χ0n) is 7.83. The zero-order valence-corrected chi connectivity index (χ0v) is 9.40. The fourth-order valence-electron chi connectivity index (χ4n) is 1.31. The van der Waals surface area contributed by atoms with Crippen molar-refractivity contribution in [2.45, 2.75) is 0 Å². The summed E-state index contributed by atoms with van der Waals surface area (Å²) >= 11 is 6.54. The van der Waals surface area contributed by atoms with Gasteiger partial charge < -0.3 is 0 Å². The number of hydrogen-bond donors (Lipinski definition) is 0. The van der Waals surface area contributed by atoms with E-state index >= 15 is 0 Å². The maximum absolute atomic E-state index is 13.4. The normalized spacial score (nSPS) is 10.9. The predicted octanol–water partition coefficient (Wildman–Crippen LogP) is 4.76. The average molecular weight is 285 g/mol. The second-order valence-electron chi connectivity index (χ2n) is 3.05. The Hall–Kier alpha value is -1.14. The van der Waals surface area contributed by atoms with Gasteiger partial charge in [0.25, 0.3) is 0 Å². The molecule has 0 saturated heterocycles. The average Bonchev–Trinajstić information content (AvgIpc) is 2.71. The number of benzene rings is 1. The highest BCUT2D eigenvalue weighted by Gasteiger charge is 2.27. The van der Waals surface area contributed by atoms with E-state index in [0.717, 1.165) is 11.3 Å². The van der Waals surface area contributed by atoms with Crippen LogP contribution in [0, 0.1) is 29.1 Å². The van der Waals surface area contributed by atoms with Crippen molar-refractivity contribution in [3.8, 4) is 11.1 Å². The van der Waals surface area contributed by atoms with Crippen LogP contribution < -0.4 is 0 Å². The van der Waals surface area contributed by atoms with Crippen molar-refractivity contribution in [2.24, 2.45) is 0 Å². The van der Waals surface area contributed by atoms with Gasteiger partial charge in [-0.25, -0.2) is 22.0 Å². The summed E-state index contributed by atoms with van der Waals surface area (Å²) in [6.45, 7) is 0. The SMILES string of the molecule is Fc1c(F)c(F)c(-c2ccsc2Cl)c(F)c1F. The van der Waals surface area contributed by atoms with Crippen LogP contribution in [0.1, 0.15) is 0 Å². The maximum atomic E-state index is 13.4. The van der Waals surface area contributed by atoms with E-state index in [0.29, 0.717) is 0 Å². The van der Waals surface area contributed by atoms with Gasteiger partial charge in [0.15, 0.2) is 23.3 Å². The molecule has 0 fully saturated rings. The zero-order chi connectivity index (χ0) is 12.7. The number of halogens is 6. The number of hydrogen-bond acceptors (Lipinski definition) is 1. The van der Waals surface area contributed by atoms with E-state index in [-0.39, 0.29) is 9.90 Å². The molecule has 0 spiro atoms. The lowest BCUT2D eigenvalue weighted by atomic mass is 10.1. The highest BCUT2D eigenvalue weighted by molar-refractivity contribution is 7.15. The third-order valence-corrected chi connectivity index (χ3v) is 3.27. The van der Waals surface area contributed by atoms with Crippen molar-refractivity contribution in [2.75, 3.05) is 0 Å². The van der Waals surface area contributed by atoms with Crippen molar-refractivity contribution in [3.05, 3.63) is 44.9 Å². The van der Waals surface area contributed by atoms with Crippen LogP contribution in [-0.2, 0) is 0 Å². The minimum Gasteiger partial charge on any atom is -0.203 e. The summed E-state index contributed by atoms with van der Waals surface area (Å²) in [5.41, 5.74) is -1.22. The second-order valence-corrected chi connectivity index (χ2v) is 4.57. The van der Waals surface area contributed by atoms with Crippen molar-refractivity contribution in [3.63, 3.8) is 0 Å². The van der Waals surface area contributed by atoms with Gasteiger partial charge in [-0.15, -0.1) is 11.3 Å². The standard InChI is InChI=1S/C10H2ClF5S/c11-10-3(1-2-17-10)4-5(12)7(14)9(16)8(15)6(4)13/h1-2H. The Morgan fingerprint density at radius 2 is 1.29 bits per heavy atom. The van der Waals surface area contributed by atoms with Crippen LogP contribution in [0.5, 0.6) is 0 Å². The lowest BCUT2D eigenvalue weighted by Gasteiger charge is -2.07. The van der Waals surface area contributed by atoms with E-state index in [1.54, 1.807) is 0 Å². The van der Waals surface area contributed by atoms with E-state index < -0.39 is 34.6 Å². The molecule has 0 unspecified atom stereocenters. The molecule has 1 aromatic heterocycles. The molecule has 90 valence electrons. The first kappa shape index (κ1) is 12.3. The number of thiophene rings is 1. The molecule has 17 heavy (non-hydrogen) atoms. The highest BCUT2D eigenvalue weighted by Crippen LogP contribution is 2.37. The van der Waals surface area contributed by atoms with Crippen LogP contribution in [-0.4, -0.2) is 0 Å². The number of rotatable bonds is 1. The molecule has 2 rings (SSSR count).